The van der Waals surface area contributed by atoms with Crippen LogP contribution in [0.25, 0.3) is 0 Å². The summed E-state index contributed by atoms with van der Waals surface area (Å²) in [6, 6.07) is 13.9. The van der Waals surface area contributed by atoms with Gasteiger partial charge in [0.1, 0.15) is 0 Å². The summed E-state index contributed by atoms with van der Waals surface area (Å²) in [5, 5.41) is 2.79. The standard InChI is InChI=1S/C20H24N2O3S/c1-15-11-13-22(14-12-15)17-9-7-16(8-10-17)21-20(23)18-5-3-4-6-19(18)26(2,24)25/h3-10,15H,11-14H2,1-2H3,(H,21,23). The first-order valence-corrected chi connectivity index (χ1v) is 10.7. The Labute approximate surface area is 154 Å². The fourth-order valence-corrected chi connectivity index (χ4v) is 4.08. The van der Waals surface area contributed by atoms with Crippen molar-refractivity contribution in [1.82, 2.24) is 0 Å². The molecular weight excluding hydrogens is 348 g/mol. The Hall–Kier alpha value is -2.34. The number of rotatable bonds is 4. The minimum Gasteiger partial charge on any atom is -0.372 e. The second kappa shape index (κ2) is 7.50. The lowest BCUT2D eigenvalue weighted by Gasteiger charge is -2.32. The Morgan fingerprint density at radius 2 is 1.65 bits per heavy atom. The number of nitrogens with one attached hydrogen (secondary N) is 1. The Morgan fingerprint density at radius 1 is 1.04 bits per heavy atom. The summed E-state index contributed by atoms with van der Waals surface area (Å²) < 4.78 is 23.7. The molecular formula is C20H24N2O3S. The van der Waals surface area contributed by atoms with Crippen LogP contribution in [-0.4, -0.2) is 33.7 Å². The summed E-state index contributed by atoms with van der Waals surface area (Å²) in [6.07, 6.45) is 3.49. The Morgan fingerprint density at radius 3 is 2.27 bits per heavy atom. The van der Waals surface area contributed by atoms with Crippen molar-refractivity contribution in [2.24, 2.45) is 5.92 Å². The van der Waals surface area contributed by atoms with E-state index in [1.165, 1.54) is 25.0 Å². The van der Waals surface area contributed by atoms with E-state index in [4.69, 9.17) is 0 Å². The summed E-state index contributed by atoms with van der Waals surface area (Å²) in [5.74, 6) is 0.352. The second-order valence-corrected chi connectivity index (χ2v) is 8.92. The molecule has 1 aliphatic heterocycles. The number of sulfone groups is 1. The van der Waals surface area contributed by atoms with Gasteiger partial charge in [0, 0.05) is 30.7 Å². The van der Waals surface area contributed by atoms with Gasteiger partial charge in [-0.2, -0.15) is 0 Å². The van der Waals surface area contributed by atoms with E-state index in [1.54, 1.807) is 12.1 Å². The van der Waals surface area contributed by atoms with E-state index in [9.17, 15) is 13.2 Å². The number of hydrogen-bond donors (Lipinski definition) is 1. The van der Waals surface area contributed by atoms with Crippen LogP contribution < -0.4 is 10.2 Å². The second-order valence-electron chi connectivity index (χ2n) is 6.94. The van der Waals surface area contributed by atoms with E-state index in [2.05, 4.69) is 17.1 Å². The van der Waals surface area contributed by atoms with E-state index in [0.717, 1.165) is 31.0 Å². The fraction of sp³-hybridized carbons (Fsp3) is 0.350. The highest BCUT2D eigenvalue weighted by atomic mass is 32.2. The predicted molar refractivity (Wildman–Crippen MR) is 105 cm³/mol. The molecule has 0 spiro atoms. The molecule has 3 rings (SSSR count). The number of nitrogens with zero attached hydrogens (tertiary/aromatic N) is 1. The van der Waals surface area contributed by atoms with Gasteiger partial charge in [0.2, 0.25) is 0 Å². The zero-order valence-electron chi connectivity index (χ0n) is 15.1. The van der Waals surface area contributed by atoms with Crippen LogP contribution in [0.3, 0.4) is 0 Å². The zero-order chi connectivity index (χ0) is 18.7. The molecule has 1 aliphatic rings. The first kappa shape index (κ1) is 18.5. The lowest BCUT2D eigenvalue weighted by molar-refractivity contribution is 0.102. The van der Waals surface area contributed by atoms with Gasteiger partial charge in [-0.25, -0.2) is 8.42 Å². The molecule has 0 aromatic heterocycles. The van der Waals surface area contributed by atoms with Gasteiger partial charge in [0.15, 0.2) is 9.84 Å². The topological polar surface area (TPSA) is 66.5 Å². The van der Waals surface area contributed by atoms with Gasteiger partial charge in [0.25, 0.3) is 5.91 Å². The predicted octanol–water partition coefficient (Wildman–Crippen LogP) is 3.58. The third kappa shape index (κ3) is 4.25. The number of hydrogen-bond acceptors (Lipinski definition) is 4. The highest BCUT2D eigenvalue weighted by Gasteiger charge is 2.19. The van der Waals surface area contributed by atoms with Crippen LogP contribution in [-0.2, 0) is 9.84 Å². The number of piperidine rings is 1. The molecule has 0 aliphatic carbocycles. The number of benzene rings is 2. The van der Waals surface area contributed by atoms with Crippen molar-refractivity contribution in [3.05, 3.63) is 54.1 Å². The smallest absolute Gasteiger partial charge is 0.256 e. The van der Waals surface area contributed by atoms with E-state index < -0.39 is 15.7 Å². The molecule has 2 aromatic carbocycles. The van der Waals surface area contributed by atoms with Crippen LogP contribution >= 0.6 is 0 Å². The number of carbonyl (C=O) groups excluding carboxylic acids is 1. The maximum absolute atomic E-state index is 12.5. The minimum absolute atomic E-state index is 0.0385. The Kier molecular flexibility index (Phi) is 5.32. The van der Waals surface area contributed by atoms with E-state index in [0.29, 0.717) is 5.69 Å². The Bertz CT molecular complexity index is 884. The van der Waals surface area contributed by atoms with E-state index in [-0.39, 0.29) is 10.5 Å². The van der Waals surface area contributed by atoms with E-state index >= 15 is 0 Å². The van der Waals surface area contributed by atoms with Crippen molar-refractivity contribution in [3.8, 4) is 0 Å². The highest BCUT2D eigenvalue weighted by Crippen LogP contribution is 2.25. The number of amides is 1. The normalized spacial score (nSPS) is 15.7. The third-order valence-electron chi connectivity index (χ3n) is 4.81. The molecule has 0 unspecified atom stereocenters. The lowest BCUT2D eigenvalue weighted by atomic mass is 9.99. The monoisotopic (exact) mass is 372 g/mol. The molecule has 0 radical (unpaired) electrons. The van der Waals surface area contributed by atoms with Gasteiger partial charge in [-0.15, -0.1) is 0 Å². The maximum atomic E-state index is 12.5. The fourth-order valence-electron chi connectivity index (χ4n) is 3.20. The van der Waals surface area contributed by atoms with Crippen LogP contribution in [0, 0.1) is 5.92 Å². The highest BCUT2D eigenvalue weighted by molar-refractivity contribution is 7.90. The molecule has 5 nitrogen and oxygen atoms in total. The molecule has 2 aromatic rings. The molecule has 0 bridgehead atoms. The van der Waals surface area contributed by atoms with Gasteiger partial charge in [-0.05, 0) is 55.2 Å². The SMILES string of the molecule is CC1CCN(c2ccc(NC(=O)c3ccccc3S(C)(=O)=O)cc2)CC1. The van der Waals surface area contributed by atoms with Gasteiger partial charge < -0.3 is 10.2 Å². The Balaban J connectivity index is 1.73. The first-order chi connectivity index (χ1) is 12.3. The number of carbonyl (C=O) groups is 1. The van der Waals surface area contributed by atoms with Crippen molar-refractivity contribution in [2.75, 3.05) is 29.6 Å². The average molecular weight is 372 g/mol. The molecule has 1 N–H and O–H groups in total. The maximum Gasteiger partial charge on any atom is 0.256 e. The quantitative estimate of drug-likeness (QED) is 0.891. The molecule has 0 atom stereocenters. The summed E-state index contributed by atoms with van der Waals surface area (Å²) in [7, 11) is -3.46. The van der Waals surface area contributed by atoms with Gasteiger partial charge in [-0.3, -0.25) is 4.79 Å². The molecule has 138 valence electrons. The molecule has 0 saturated carbocycles. The molecule has 1 saturated heterocycles. The molecule has 1 heterocycles. The number of anilines is 2. The summed E-state index contributed by atoms with van der Waals surface area (Å²) in [4.78, 5) is 14.9. The minimum atomic E-state index is -3.46. The molecule has 26 heavy (non-hydrogen) atoms. The van der Waals surface area contributed by atoms with Crippen molar-refractivity contribution < 1.29 is 13.2 Å². The van der Waals surface area contributed by atoms with Crippen LogP contribution in [0.5, 0.6) is 0 Å². The summed E-state index contributed by atoms with van der Waals surface area (Å²) >= 11 is 0. The van der Waals surface area contributed by atoms with Crippen molar-refractivity contribution in [3.63, 3.8) is 0 Å². The van der Waals surface area contributed by atoms with Gasteiger partial charge in [0.05, 0.1) is 10.5 Å². The van der Waals surface area contributed by atoms with Crippen LogP contribution in [0.1, 0.15) is 30.1 Å². The van der Waals surface area contributed by atoms with Crippen molar-refractivity contribution in [1.29, 1.82) is 0 Å². The van der Waals surface area contributed by atoms with Crippen LogP contribution in [0.2, 0.25) is 0 Å². The average Bonchev–Trinajstić information content (AvgIpc) is 2.62. The first-order valence-electron chi connectivity index (χ1n) is 8.80. The molecule has 1 amide bonds. The largest absolute Gasteiger partial charge is 0.372 e. The molecule has 1 fully saturated rings. The summed E-state index contributed by atoms with van der Waals surface area (Å²) in [6.45, 7) is 4.38. The van der Waals surface area contributed by atoms with Gasteiger partial charge >= 0.3 is 0 Å². The third-order valence-corrected chi connectivity index (χ3v) is 5.96. The summed E-state index contributed by atoms with van der Waals surface area (Å²) in [5.41, 5.74) is 1.95. The molecule has 6 heteroatoms. The van der Waals surface area contributed by atoms with Crippen LogP contribution in [0.4, 0.5) is 11.4 Å². The lowest BCUT2D eigenvalue weighted by Crippen LogP contribution is -2.32. The van der Waals surface area contributed by atoms with E-state index in [1.807, 2.05) is 24.3 Å². The van der Waals surface area contributed by atoms with Crippen LogP contribution in [0.15, 0.2) is 53.4 Å². The van der Waals surface area contributed by atoms with Gasteiger partial charge in [-0.1, -0.05) is 19.1 Å². The van der Waals surface area contributed by atoms with Crippen molar-refractivity contribution in [2.45, 2.75) is 24.7 Å². The van der Waals surface area contributed by atoms with Crippen molar-refractivity contribution >= 4 is 27.1 Å². The zero-order valence-corrected chi connectivity index (χ0v) is 15.9.